The van der Waals surface area contributed by atoms with Gasteiger partial charge in [0, 0.05) is 11.3 Å². The van der Waals surface area contributed by atoms with E-state index in [2.05, 4.69) is 28.4 Å². The molecule has 1 N–H and O–H groups in total. The van der Waals surface area contributed by atoms with Gasteiger partial charge in [0.25, 0.3) is 0 Å². The average molecular weight is 372 g/mol. The second-order valence-corrected chi connectivity index (χ2v) is 7.65. The minimum Gasteiger partial charge on any atom is -0.340 e. The molecule has 119 valence electrons. The number of hydrogen-bond acceptors (Lipinski definition) is 1. The van der Waals surface area contributed by atoms with E-state index in [1.54, 1.807) is 0 Å². The summed E-state index contributed by atoms with van der Waals surface area (Å²) in [5.41, 5.74) is 7.58. The zero-order chi connectivity index (χ0) is 17.0. The SMILES string of the molecule is [CH3][Ga][CH3].c1ccc(N=C(Nc2ccccc2)c2ccccc2)cc1. The Morgan fingerprint density at radius 3 is 1.71 bits per heavy atom. The number of benzene rings is 3. The van der Waals surface area contributed by atoms with Crippen molar-refractivity contribution >= 4 is 34.6 Å². The predicted molar refractivity (Wildman–Crippen MR) is 107 cm³/mol. The van der Waals surface area contributed by atoms with Gasteiger partial charge in [-0.15, -0.1) is 0 Å². The normalized spacial score (nSPS) is 10.3. The zero-order valence-electron chi connectivity index (χ0n) is 14.2. The topological polar surface area (TPSA) is 24.4 Å². The first kappa shape index (κ1) is 18.1. The van der Waals surface area contributed by atoms with Gasteiger partial charge in [-0.3, -0.25) is 0 Å². The summed E-state index contributed by atoms with van der Waals surface area (Å²) in [7, 11) is 0. The minimum atomic E-state index is 0.312. The molecule has 0 aliphatic rings. The first-order valence-electron chi connectivity index (χ1n) is 8.08. The van der Waals surface area contributed by atoms with Gasteiger partial charge in [0.1, 0.15) is 5.84 Å². The number of rotatable bonds is 3. The molecule has 0 fully saturated rings. The Kier molecular flexibility index (Phi) is 7.94. The molecule has 0 aliphatic carbocycles. The van der Waals surface area contributed by atoms with Crippen LogP contribution in [-0.4, -0.2) is 23.2 Å². The molecule has 24 heavy (non-hydrogen) atoms. The van der Waals surface area contributed by atoms with Crippen LogP contribution in [0.15, 0.2) is 96.0 Å². The predicted octanol–water partition coefficient (Wildman–Crippen LogP) is 5.66. The van der Waals surface area contributed by atoms with Crippen molar-refractivity contribution in [3.05, 3.63) is 96.6 Å². The molecule has 0 heterocycles. The van der Waals surface area contributed by atoms with Crippen LogP contribution in [0.3, 0.4) is 0 Å². The first-order valence-corrected chi connectivity index (χ1v) is 12.9. The van der Waals surface area contributed by atoms with Crippen LogP contribution in [0.25, 0.3) is 0 Å². The van der Waals surface area contributed by atoms with Gasteiger partial charge in [0.05, 0.1) is 5.69 Å². The molecule has 3 aromatic rings. The van der Waals surface area contributed by atoms with Crippen LogP contribution in [0, 0.1) is 0 Å². The molecule has 0 atom stereocenters. The van der Waals surface area contributed by atoms with Crippen LogP contribution >= 0.6 is 0 Å². The van der Waals surface area contributed by atoms with Crippen LogP contribution in [-0.2, 0) is 0 Å². The maximum atomic E-state index is 4.73. The van der Waals surface area contributed by atoms with Crippen molar-refractivity contribution in [2.24, 2.45) is 4.99 Å². The van der Waals surface area contributed by atoms with E-state index >= 15 is 0 Å². The molecule has 0 aliphatic heterocycles. The maximum Gasteiger partial charge on any atom is 0.138 e. The van der Waals surface area contributed by atoms with Crippen molar-refractivity contribution < 1.29 is 0 Å². The fourth-order valence-electron chi connectivity index (χ4n) is 2.05. The summed E-state index contributed by atoms with van der Waals surface area (Å²) >= 11 is 0.312. The molecule has 0 bridgehead atoms. The van der Waals surface area contributed by atoms with Gasteiger partial charge < -0.3 is 5.32 Å². The Hall–Kier alpha value is -2.23. The summed E-state index contributed by atoms with van der Waals surface area (Å²) in [6.07, 6.45) is 0. The van der Waals surface area contributed by atoms with Crippen molar-refractivity contribution in [2.45, 2.75) is 11.0 Å². The van der Waals surface area contributed by atoms with E-state index in [-0.39, 0.29) is 0 Å². The van der Waals surface area contributed by atoms with E-state index < -0.39 is 0 Å². The summed E-state index contributed by atoms with van der Waals surface area (Å²) in [6.45, 7) is 0. The number of hydrogen-bond donors (Lipinski definition) is 1. The smallest absolute Gasteiger partial charge is 0.138 e. The molecule has 0 amide bonds. The molecule has 0 unspecified atom stereocenters. The summed E-state index contributed by atoms with van der Waals surface area (Å²) in [4.78, 5) is 4.73. The van der Waals surface area contributed by atoms with Crippen LogP contribution in [0.4, 0.5) is 11.4 Å². The number of para-hydroxylation sites is 2. The molecule has 3 rings (SSSR count). The molecule has 1 radical (unpaired) electrons. The Labute approximate surface area is 152 Å². The summed E-state index contributed by atoms with van der Waals surface area (Å²) in [5, 5.41) is 3.39. The second-order valence-electron chi connectivity index (χ2n) is 5.23. The van der Waals surface area contributed by atoms with E-state index in [1.165, 1.54) is 0 Å². The maximum absolute atomic E-state index is 4.73. The second kappa shape index (κ2) is 10.5. The van der Waals surface area contributed by atoms with Gasteiger partial charge in [-0.05, 0) is 24.3 Å². The third-order valence-electron chi connectivity index (χ3n) is 3.08. The molecule has 3 heteroatoms. The minimum absolute atomic E-state index is 0.312. The molecule has 0 spiro atoms. The molecular weight excluding hydrogens is 350 g/mol. The number of nitrogens with zero attached hydrogens (tertiary/aromatic N) is 1. The summed E-state index contributed by atoms with van der Waals surface area (Å²) in [5.74, 6) is 0.841. The van der Waals surface area contributed by atoms with Gasteiger partial charge >= 0.3 is 28.4 Å². The van der Waals surface area contributed by atoms with Crippen molar-refractivity contribution in [1.82, 2.24) is 0 Å². The first-order chi connectivity index (χ1) is 11.8. The monoisotopic (exact) mass is 371 g/mol. The average Bonchev–Trinajstić information content (AvgIpc) is 2.64. The Morgan fingerprint density at radius 2 is 1.17 bits per heavy atom. The quantitative estimate of drug-likeness (QED) is 0.358. The van der Waals surface area contributed by atoms with E-state index in [0.717, 1.165) is 22.8 Å². The fraction of sp³-hybridized carbons (Fsp3) is 0.0952. The summed E-state index contributed by atoms with van der Waals surface area (Å²) in [6, 6.07) is 30.2. The third-order valence-corrected chi connectivity index (χ3v) is 3.08. The van der Waals surface area contributed by atoms with Gasteiger partial charge in [0.15, 0.2) is 0 Å². The zero-order valence-corrected chi connectivity index (χ0v) is 16.6. The van der Waals surface area contributed by atoms with Crippen molar-refractivity contribution in [3.8, 4) is 0 Å². The van der Waals surface area contributed by atoms with E-state index in [4.69, 9.17) is 4.99 Å². The van der Waals surface area contributed by atoms with E-state index in [0.29, 0.717) is 17.4 Å². The largest absolute Gasteiger partial charge is 0.340 e. The standard InChI is InChI=1S/C19H16N2.2CH3.Ga/c1-4-10-16(11-5-1)19(20-17-12-6-2-7-13-17)21-18-14-8-3-9-15-18;;;/h1-15H,(H,20,21);2*1H3;. The van der Waals surface area contributed by atoms with Crippen LogP contribution in [0.2, 0.25) is 11.0 Å². The molecule has 2 nitrogen and oxygen atoms in total. The Balaban J connectivity index is 0.000000647. The Morgan fingerprint density at radius 1 is 0.708 bits per heavy atom. The number of amidine groups is 1. The fourth-order valence-corrected chi connectivity index (χ4v) is 2.05. The number of anilines is 1. The van der Waals surface area contributed by atoms with Crippen molar-refractivity contribution in [2.75, 3.05) is 5.32 Å². The van der Waals surface area contributed by atoms with Gasteiger partial charge in [-0.25, -0.2) is 4.99 Å². The Bertz CT molecular complexity index is 726. The van der Waals surface area contributed by atoms with E-state index in [9.17, 15) is 0 Å². The van der Waals surface area contributed by atoms with Crippen LogP contribution in [0.5, 0.6) is 0 Å². The van der Waals surface area contributed by atoms with Crippen LogP contribution in [0.1, 0.15) is 5.56 Å². The van der Waals surface area contributed by atoms with E-state index in [1.807, 2.05) is 78.9 Å². The molecule has 0 saturated heterocycles. The molecule has 0 aromatic heterocycles. The van der Waals surface area contributed by atoms with Crippen molar-refractivity contribution in [1.29, 1.82) is 0 Å². The van der Waals surface area contributed by atoms with Gasteiger partial charge in [-0.2, -0.15) is 0 Å². The van der Waals surface area contributed by atoms with Crippen LogP contribution < -0.4 is 5.32 Å². The van der Waals surface area contributed by atoms with Gasteiger partial charge in [0.2, 0.25) is 0 Å². The summed E-state index contributed by atoms with van der Waals surface area (Å²) < 4.78 is 0. The molecular formula is C21H22GaN2. The third kappa shape index (κ3) is 6.11. The molecule has 0 saturated carbocycles. The number of aliphatic imine (C=N–C) groups is 1. The van der Waals surface area contributed by atoms with Crippen molar-refractivity contribution in [3.63, 3.8) is 0 Å². The molecule has 3 aromatic carbocycles. The number of nitrogens with one attached hydrogen (secondary N) is 1. The van der Waals surface area contributed by atoms with Gasteiger partial charge in [-0.1, -0.05) is 66.7 Å².